The van der Waals surface area contributed by atoms with Crippen molar-refractivity contribution in [2.24, 2.45) is 0 Å². The lowest BCUT2D eigenvalue weighted by molar-refractivity contribution is -0.137. The molecule has 3 nitrogen and oxygen atoms in total. The first-order chi connectivity index (χ1) is 9.20. The lowest BCUT2D eigenvalue weighted by atomic mass is 9.99. The Balaban J connectivity index is 2.77. The van der Waals surface area contributed by atoms with Crippen molar-refractivity contribution >= 4 is 5.91 Å². The standard InChI is InChI=1S/C14H18F3NO2/c1-3-13(2,9-19)18-12(20)8-10-5-4-6-11(7-10)14(15,16)17/h4-7,19H,3,8-9H2,1-2H3,(H,18,20). The zero-order chi connectivity index (χ0) is 15.4. The molecule has 0 aliphatic heterocycles. The number of benzene rings is 1. The number of rotatable bonds is 5. The van der Waals surface area contributed by atoms with Gasteiger partial charge in [-0.3, -0.25) is 4.79 Å². The zero-order valence-electron chi connectivity index (χ0n) is 11.4. The van der Waals surface area contributed by atoms with Crippen LogP contribution in [0.15, 0.2) is 24.3 Å². The summed E-state index contributed by atoms with van der Waals surface area (Å²) in [6, 6.07) is 4.67. The Hall–Kier alpha value is -1.56. The quantitative estimate of drug-likeness (QED) is 0.875. The number of carbonyl (C=O) groups is 1. The van der Waals surface area contributed by atoms with Gasteiger partial charge in [-0.2, -0.15) is 13.2 Å². The van der Waals surface area contributed by atoms with Crippen LogP contribution in [0.25, 0.3) is 0 Å². The van der Waals surface area contributed by atoms with Crippen LogP contribution < -0.4 is 5.32 Å². The molecule has 2 N–H and O–H groups in total. The highest BCUT2D eigenvalue weighted by Crippen LogP contribution is 2.29. The van der Waals surface area contributed by atoms with Gasteiger partial charge >= 0.3 is 6.18 Å². The molecule has 20 heavy (non-hydrogen) atoms. The lowest BCUT2D eigenvalue weighted by Gasteiger charge is -2.27. The van der Waals surface area contributed by atoms with E-state index >= 15 is 0 Å². The largest absolute Gasteiger partial charge is 0.416 e. The van der Waals surface area contributed by atoms with Crippen molar-refractivity contribution in [3.63, 3.8) is 0 Å². The van der Waals surface area contributed by atoms with Gasteiger partial charge in [-0.15, -0.1) is 0 Å². The first-order valence-corrected chi connectivity index (χ1v) is 6.28. The maximum absolute atomic E-state index is 12.6. The van der Waals surface area contributed by atoms with Gasteiger partial charge < -0.3 is 10.4 Å². The van der Waals surface area contributed by atoms with Crippen LogP contribution in [0.4, 0.5) is 13.2 Å². The van der Waals surface area contributed by atoms with E-state index < -0.39 is 23.2 Å². The van der Waals surface area contributed by atoms with E-state index in [0.717, 1.165) is 12.1 Å². The minimum atomic E-state index is -4.42. The number of amides is 1. The van der Waals surface area contributed by atoms with Crippen LogP contribution in [0.5, 0.6) is 0 Å². The highest BCUT2D eigenvalue weighted by atomic mass is 19.4. The van der Waals surface area contributed by atoms with E-state index in [1.807, 2.05) is 0 Å². The Kier molecular flexibility index (Phi) is 5.16. The average molecular weight is 289 g/mol. The van der Waals surface area contributed by atoms with E-state index in [4.69, 9.17) is 0 Å². The first kappa shape index (κ1) is 16.5. The molecule has 0 aliphatic rings. The van der Waals surface area contributed by atoms with Crippen LogP contribution in [-0.4, -0.2) is 23.2 Å². The average Bonchev–Trinajstić information content (AvgIpc) is 2.37. The van der Waals surface area contributed by atoms with Crippen molar-refractivity contribution in [1.29, 1.82) is 0 Å². The molecule has 0 saturated carbocycles. The molecule has 6 heteroatoms. The Bertz CT molecular complexity index is 468. The molecule has 1 aromatic carbocycles. The van der Waals surface area contributed by atoms with Gasteiger partial charge in [0.25, 0.3) is 0 Å². The van der Waals surface area contributed by atoms with Gasteiger partial charge in [-0.05, 0) is 25.0 Å². The van der Waals surface area contributed by atoms with Gasteiger partial charge in [0, 0.05) is 0 Å². The van der Waals surface area contributed by atoms with Crippen LogP contribution in [-0.2, 0) is 17.4 Å². The number of aliphatic hydroxyl groups excluding tert-OH is 1. The summed E-state index contributed by atoms with van der Waals surface area (Å²) in [4.78, 5) is 11.8. The molecule has 0 fully saturated rings. The summed E-state index contributed by atoms with van der Waals surface area (Å²) in [5.41, 5.74) is -1.24. The molecular weight excluding hydrogens is 271 g/mol. The monoisotopic (exact) mass is 289 g/mol. The van der Waals surface area contributed by atoms with Gasteiger partial charge in [-0.25, -0.2) is 0 Å². The second kappa shape index (κ2) is 6.26. The van der Waals surface area contributed by atoms with Crippen LogP contribution in [0.3, 0.4) is 0 Å². The van der Waals surface area contributed by atoms with Crippen molar-refractivity contribution in [1.82, 2.24) is 5.32 Å². The molecule has 1 unspecified atom stereocenters. The number of halogens is 3. The number of hydrogen-bond acceptors (Lipinski definition) is 2. The number of alkyl halides is 3. The second-order valence-electron chi connectivity index (χ2n) is 5.00. The van der Waals surface area contributed by atoms with Crippen molar-refractivity contribution < 1.29 is 23.1 Å². The number of hydrogen-bond donors (Lipinski definition) is 2. The Morgan fingerprint density at radius 1 is 1.35 bits per heavy atom. The maximum atomic E-state index is 12.6. The third-order valence-corrected chi connectivity index (χ3v) is 3.19. The van der Waals surface area contributed by atoms with Crippen LogP contribution >= 0.6 is 0 Å². The van der Waals surface area contributed by atoms with Crippen molar-refractivity contribution in [2.45, 2.75) is 38.4 Å². The topological polar surface area (TPSA) is 49.3 Å². The highest BCUT2D eigenvalue weighted by molar-refractivity contribution is 5.79. The Morgan fingerprint density at radius 3 is 2.50 bits per heavy atom. The smallest absolute Gasteiger partial charge is 0.394 e. The summed E-state index contributed by atoms with van der Waals surface area (Å²) in [6.07, 6.45) is -4.05. The molecule has 0 aliphatic carbocycles. The Labute approximate surface area is 115 Å². The molecule has 0 heterocycles. The number of carbonyl (C=O) groups excluding carboxylic acids is 1. The molecule has 0 aromatic heterocycles. The molecule has 0 spiro atoms. The summed E-state index contributed by atoms with van der Waals surface area (Å²) in [5, 5.41) is 11.8. The fraction of sp³-hybridized carbons (Fsp3) is 0.500. The van der Waals surface area contributed by atoms with Gasteiger partial charge in [0.1, 0.15) is 0 Å². The summed E-state index contributed by atoms with van der Waals surface area (Å²) >= 11 is 0. The molecule has 1 rings (SSSR count). The van der Waals surface area contributed by atoms with Crippen molar-refractivity contribution in [3.05, 3.63) is 35.4 Å². The Morgan fingerprint density at radius 2 is 2.00 bits per heavy atom. The fourth-order valence-corrected chi connectivity index (χ4v) is 1.66. The van der Waals surface area contributed by atoms with E-state index in [-0.39, 0.29) is 18.6 Å². The molecule has 112 valence electrons. The van der Waals surface area contributed by atoms with E-state index in [0.29, 0.717) is 6.42 Å². The third-order valence-electron chi connectivity index (χ3n) is 3.19. The van der Waals surface area contributed by atoms with E-state index in [1.165, 1.54) is 12.1 Å². The van der Waals surface area contributed by atoms with Gasteiger partial charge in [0.15, 0.2) is 0 Å². The fourth-order valence-electron chi connectivity index (χ4n) is 1.66. The SMILES string of the molecule is CCC(C)(CO)NC(=O)Cc1cccc(C(F)(F)F)c1. The van der Waals surface area contributed by atoms with Crippen LogP contribution in [0.2, 0.25) is 0 Å². The number of nitrogens with one attached hydrogen (secondary N) is 1. The molecular formula is C14H18F3NO2. The predicted octanol–water partition coefficient (Wildman–Crippen LogP) is 2.53. The van der Waals surface area contributed by atoms with E-state index in [9.17, 15) is 23.1 Å². The minimum absolute atomic E-state index is 0.153. The molecule has 0 bridgehead atoms. The molecule has 1 atom stereocenters. The van der Waals surface area contributed by atoms with Crippen molar-refractivity contribution in [2.75, 3.05) is 6.61 Å². The van der Waals surface area contributed by atoms with Gasteiger partial charge in [0.2, 0.25) is 5.91 Å². The summed E-state index contributed by atoms with van der Waals surface area (Å²) in [5.74, 6) is -0.414. The normalized spacial score (nSPS) is 14.7. The summed E-state index contributed by atoms with van der Waals surface area (Å²) < 4.78 is 37.7. The second-order valence-corrected chi connectivity index (χ2v) is 5.00. The molecule has 1 aromatic rings. The molecule has 0 saturated heterocycles. The molecule has 1 amide bonds. The molecule has 0 radical (unpaired) electrons. The van der Waals surface area contributed by atoms with Gasteiger partial charge in [0.05, 0.1) is 24.1 Å². The van der Waals surface area contributed by atoms with Crippen LogP contribution in [0, 0.1) is 0 Å². The van der Waals surface area contributed by atoms with Gasteiger partial charge in [-0.1, -0.05) is 25.1 Å². The predicted molar refractivity (Wildman–Crippen MR) is 69.1 cm³/mol. The lowest BCUT2D eigenvalue weighted by Crippen LogP contribution is -2.48. The maximum Gasteiger partial charge on any atom is 0.416 e. The highest BCUT2D eigenvalue weighted by Gasteiger charge is 2.30. The van der Waals surface area contributed by atoms with E-state index in [2.05, 4.69) is 5.32 Å². The van der Waals surface area contributed by atoms with E-state index in [1.54, 1.807) is 13.8 Å². The minimum Gasteiger partial charge on any atom is -0.394 e. The zero-order valence-corrected chi connectivity index (χ0v) is 11.4. The number of aliphatic hydroxyl groups is 1. The first-order valence-electron chi connectivity index (χ1n) is 6.28. The third kappa shape index (κ3) is 4.52. The summed E-state index contributed by atoms with van der Waals surface area (Å²) in [7, 11) is 0. The van der Waals surface area contributed by atoms with Crippen LogP contribution in [0.1, 0.15) is 31.4 Å². The van der Waals surface area contributed by atoms with Crippen molar-refractivity contribution in [3.8, 4) is 0 Å². The summed E-state index contributed by atoms with van der Waals surface area (Å²) in [6.45, 7) is 3.26.